The lowest BCUT2D eigenvalue weighted by atomic mass is 10.2. The Morgan fingerprint density at radius 1 is 1.22 bits per heavy atom. The van der Waals surface area contributed by atoms with Gasteiger partial charge in [0.15, 0.2) is 0 Å². The fourth-order valence-corrected chi connectivity index (χ4v) is 2.07. The highest BCUT2D eigenvalue weighted by Crippen LogP contribution is 2.16. The van der Waals surface area contributed by atoms with Crippen molar-refractivity contribution in [2.24, 2.45) is 0 Å². The Labute approximate surface area is 108 Å². The number of carbonyl (C=O) groups excluding carboxylic acids is 1. The van der Waals surface area contributed by atoms with Crippen molar-refractivity contribution in [2.45, 2.75) is 39.0 Å². The number of nitrogens with one attached hydrogen (secondary N) is 1. The number of amides is 1. The molecular weight excluding hydrogens is 228 g/mol. The number of nitrogens with zero attached hydrogens (tertiary/aromatic N) is 3. The Morgan fingerprint density at radius 2 is 1.83 bits per heavy atom. The minimum atomic E-state index is -0.0128. The third-order valence-corrected chi connectivity index (χ3v) is 3.13. The van der Waals surface area contributed by atoms with Crippen LogP contribution in [-0.2, 0) is 4.79 Å². The molecule has 1 aliphatic heterocycles. The van der Waals surface area contributed by atoms with Gasteiger partial charge in [-0.25, -0.2) is 9.97 Å². The first kappa shape index (κ1) is 12.8. The minimum absolute atomic E-state index is 0.0128. The number of aromatic nitrogens is 2. The molecular formula is C13H20N4O. The molecule has 0 spiro atoms. The molecule has 98 valence electrons. The lowest BCUT2D eigenvalue weighted by molar-refractivity contribution is -0.115. The molecule has 0 atom stereocenters. The van der Waals surface area contributed by atoms with E-state index in [4.69, 9.17) is 0 Å². The Morgan fingerprint density at radius 3 is 2.39 bits per heavy atom. The van der Waals surface area contributed by atoms with E-state index in [0.717, 1.165) is 19.0 Å². The fourth-order valence-electron chi connectivity index (χ4n) is 2.07. The monoisotopic (exact) mass is 248 g/mol. The molecule has 0 saturated carbocycles. The first-order valence-corrected chi connectivity index (χ1v) is 6.66. The maximum atomic E-state index is 11.2. The molecule has 5 nitrogen and oxygen atoms in total. The van der Waals surface area contributed by atoms with E-state index in [0.29, 0.717) is 12.1 Å². The van der Waals surface area contributed by atoms with Crippen molar-refractivity contribution in [3.05, 3.63) is 12.4 Å². The third kappa shape index (κ3) is 3.42. The summed E-state index contributed by atoms with van der Waals surface area (Å²) in [6, 6.07) is 0. The van der Waals surface area contributed by atoms with Gasteiger partial charge in [0.25, 0.3) is 0 Å². The molecule has 5 heteroatoms. The zero-order valence-electron chi connectivity index (χ0n) is 10.9. The van der Waals surface area contributed by atoms with Crippen LogP contribution in [0.25, 0.3) is 0 Å². The van der Waals surface area contributed by atoms with Crippen LogP contribution in [0, 0.1) is 0 Å². The Hall–Kier alpha value is -1.65. The average Bonchev–Trinajstić information content (AvgIpc) is 2.68. The van der Waals surface area contributed by atoms with Crippen LogP contribution in [0.1, 0.15) is 39.0 Å². The molecule has 18 heavy (non-hydrogen) atoms. The van der Waals surface area contributed by atoms with Gasteiger partial charge < -0.3 is 10.2 Å². The second kappa shape index (κ2) is 6.33. The molecule has 0 unspecified atom stereocenters. The molecule has 0 radical (unpaired) electrons. The van der Waals surface area contributed by atoms with E-state index in [9.17, 15) is 4.79 Å². The number of hydrogen-bond donors (Lipinski definition) is 1. The van der Waals surface area contributed by atoms with Crippen LogP contribution in [0.15, 0.2) is 12.4 Å². The van der Waals surface area contributed by atoms with Crippen molar-refractivity contribution in [3.63, 3.8) is 0 Å². The predicted molar refractivity (Wildman–Crippen MR) is 71.6 cm³/mol. The van der Waals surface area contributed by atoms with Gasteiger partial charge in [0.2, 0.25) is 11.9 Å². The van der Waals surface area contributed by atoms with Crippen molar-refractivity contribution < 1.29 is 4.79 Å². The van der Waals surface area contributed by atoms with Gasteiger partial charge in [-0.1, -0.05) is 19.8 Å². The van der Waals surface area contributed by atoms with Gasteiger partial charge in [0.05, 0.1) is 18.1 Å². The van der Waals surface area contributed by atoms with Crippen molar-refractivity contribution in [2.75, 3.05) is 23.3 Å². The molecule has 0 aromatic carbocycles. The van der Waals surface area contributed by atoms with E-state index in [1.54, 1.807) is 12.4 Å². The van der Waals surface area contributed by atoms with Crippen LogP contribution < -0.4 is 10.2 Å². The highest BCUT2D eigenvalue weighted by molar-refractivity contribution is 5.90. The summed E-state index contributed by atoms with van der Waals surface area (Å²) >= 11 is 0. The molecule has 0 bridgehead atoms. The summed E-state index contributed by atoms with van der Waals surface area (Å²) in [5.41, 5.74) is 0.667. The third-order valence-electron chi connectivity index (χ3n) is 3.13. The smallest absolute Gasteiger partial charge is 0.225 e. The molecule has 2 heterocycles. The van der Waals surface area contributed by atoms with Crippen LogP contribution in [0.4, 0.5) is 11.6 Å². The second-order valence-electron chi connectivity index (χ2n) is 4.57. The van der Waals surface area contributed by atoms with Gasteiger partial charge in [-0.2, -0.15) is 0 Å². The molecule has 1 saturated heterocycles. The van der Waals surface area contributed by atoms with E-state index in [-0.39, 0.29) is 5.91 Å². The van der Waals surface area contributed by atoms with Crippen LogP contribution in [0.2, 0.25) is 0 Å². The minimum Gasteiger partial charge on any atom is -0.341 e. The zero-order chi connectivity index (χ0) is 12.8. The van der Waals surface area contributed by atoms with Gasteiger partial charge >= 0.3 is 0 Å². The van der Waals surface area contributed by atoms with Crippen LogP contribution in [0.5, 0.6) is 0 Å². The maximum absolute atomic E-state index is 11.2. The van der Waals surface area contributed by atoms with Crippen LogP contribution >= 0.6 is 0 Å². The van der Waals surface area contributed by atoms with Gasteiger partial charge in [-0.05, 0) is 12.8 Å². The summed E-state index contributed by atoms with van der Waals surface area (Å²) in [6.07, 6.45) is 8.83. The van der Waals surface area contributed by atoms with Crippen LogP contribution in [-0.4, -0.2) is 29.0 Å². The Kier molecular flexibility index (Phi) is 4.50. The topological polar surface area (TPSA) is 58.1 Å². The Balaban J connectivity index is 1.99. The molecule has 2 rings (SSSR count). The summed E-state index contributed by atoms with van der Waals surface area (Å²) in [5.74, 6) is 0.757. The van der Waals surface area contributed by atoms with Gasteiger partial charge in [0, 0.05) is 19.5 Å². The first-order valence-electron chi connectivity index (χ1n) is 6.66. The highest BCUT2D eigenvalue weighted by atomic mass is 16.1. The SMILES string of the molecule is CCC(=O)Nc1cnc(N2CCCCCC2)nc1. The lowest BCUT2D eigenvalue weighted by Gasteiger charge is -2.19. The average molecular weight is 248 g/mol. The van der Waals surface area contributed by atoms with Gasteiger partial charge in [-0.3, -0.25) is 4.79 Å². The summed E-state index contributed by atoms with van der Waals surface area (Å²) in [7, 11) is 0. The van der Waals surface area contributed by atoms with Gasteiger partial charge in [-0.15, -0.1) is 0 Å². The molecule has 1 aliphatic rings. The number of carbonyl (C=O) groups is 1. The van der Waals surface area contributed by atoms with E-state index in [2.05, 4.69) is 20.2 Å². The molecule has 1 amide bonds. The maximum Gasteiger partial charge on any atom is 0.225 e. The summed E-state index contributed by atoms with van der Waals surface area (Å²) in [5, 5.41) is 2.75. The van der Waals surface area contributed by atoms with E-state index in [1.165, 1.54) is 25.7 Å². The number of hydrogen-bond acceptors (Lipinski definition) is 4. The van der Waals surface area contributed by atoms with Crippen LogP contribution in [0.3, 0.4) is 0 Å². The number of rotatable bonds is 3. The molecule has 1 aromatic rings. The van der Waals surface area contributed by atoms with Crippen molar-refractivity contribution >= 4 is 17.5 Å². The quantitative estimate of drug-likeness (QED) is 0.891. The summed E-state index contributed by atoms with van der Waals surface area (Å²) in [6.45, 7) is 3.88. The number of anilines is 2. The predicted octanol–water partition coefficient (Wildman–Crippen LogP) is 2.21. The van der Waals surface area contributed by atoms with E-state index < -0.39 is 0 Å². The highest BCUT2D eigenvalue weighted by Gasteiger charge is 2.12. The lowest BCUT2D eigenvalue weighted by Crippen LogP contribution is -2.26. The zero-order valence-corrected chi connectivity index (χ0v) is 10.9. The molecule has 1 aromatic heterocycles. The van der Waals surface area contributed by atoms with Crippen molar-refractivity contribution in [3.8, 4) is 0 Å². The summed E-state index contributed by atoms with van der Waals surface area (Å²) in [4.78, 5) is 22.1. The summed E-state index contributed by atoms with van der Waals surface area (Å²) < 4.78 is 0. The van der Waals surface area contributed by atoms with Gasteiger partial charge in [0.1, 0.15) is 0 Å². The molecule has 0 aliphatic carbocycles. The largest absolute Gasteiger partial charge is 0.341 e. The molecule has 1 N–H and O–H groups in total. The van der Waals surface area contributed by atoms with Crippen molar-refractivity contribution in [1.29, 1.82) is 0 Å². The standard InChI is InChI=1S/C13H20N4O/c1-2-12(18)16-11-9-14-13(15-10-11)17-7-5-3-4-6-8-17/h9-10H,2-8H2,1H3,(H,16,18). The van der Waals surface area contributed by atoms with E-state index >= 15 is 0 Å². The van der Waals surface area contributed by atoms with E-state index in [1.807, 2.05) is 6.92 Å². The normalized spacial score (nSPS) is 16.2. The fraction of sp³-hybridized carbons (Fsp3) is 0.615. The first-order chi connectivity index (χ1) is 8.79. The second-order valence-corrected chi connectivity index (χ2v) is 4.57. The van der Waals surface area contributed by atoms with Crippen molar-refractivity contribution in [1.82, 2.24) is 9.97 Å². The molecule has 1 fully saturated rings. The Bertz CT molecular complexity index is 382.